The van der Waals surface area contributed by atoms with Gasteiger partial charge in [-0.1, -0.05) is 54.6 Å². The molecule has 2 saturated heterocycles. The van der Waals surface area contributed by atoms with Crippen LogP contribution in [0.1, 0.15) is 16.7 Å². The van der Waals surface area contributed by atoms with Crippen LogP contribution in [-0.4, -0.2) is 84.5 Å². The lowest BCUT2D eigenvalue weighted by Crippen LogP contribution is -2.76. The van der Waals surface area contributed by atoms with E-state index in [4.69, 9.17) is 0 Å². The molecular formula is C32H33N8O7P-2. The Hall–Kier alpha value is -5.08. The Morgan fingerprint density at radius 3 is 2.44 bits per heavy atom. The Balaban J connectivity index is 1.34. The van der Waals surface area contributed by atoms with E-state index < -0.39 is 26.1 Å². The number of nitrogens with one attached hydrogen (secondary N) is 1. The van der Waals surface area contributed by atoms with Crippen LogP contribution in [0.15, 0.2) is 85.5 Å². The van der Waals surface area contributed by atoms with E-state index in [0.717, 1.165) is 11.1 Å². The van der Waals surface area contributed by atoms with Crippen molar-refractivity contribution in [1.82, 2.24) is 40.1 Å². The number of carbonyl (C=O) groups is 3. The van der Waals surface area contributed by atoms with Gasteiger partial charge in [-0.2, -0.15) is 15.0 Å². The summed E-state index contributed by atoms with van der Waals surface area (Å²) >= 11 is 0. The minimum absolute atomic E-state index is 0.0288. The molecule has 0 bridgehead atoms. The maximum Gasteiger partial charge on any atom is 0.334 e. The molecule has 48 heavy (non-hydrogen) atoms. The molecule has 2 aliphatic heterocycles. The monoisotopic (exact) mass is 672 g/mol. The number of rotatable bonds is 10. The van der Waals surface area contributed by atoms with Gasteiger partial charge in [0.25, 0.3) is 0 Å². The van der Waals surface area contributed by atoms with Crippen molar-refractivity contribution in [2.75, 3.05) is 19.6 Å². The molecule has 1 aromatic heterocycles. The standard InChI is InChI=1S/C32H35N8O7P/c1-3-15-38-21-30(41)39-28(17-22-9-12-25(13-10-22)47-48(44,45)46)31(42)37(19-24-11-14-26-27(16-24)35-36(2)34-26)20-29(39)40(38)32(43)33-18-23-7-5-4-6-8-23/h3-14,16,28-29H,1,15,17-21H2,2H3,(H,33,43)(H2,44,45,46)/p-2. The molecule has 4 aromatic rings. The highest BCUT2D eigenvalue weighted by Crippen LogP contribution is 2.32. The summed E-state index contributed by atoms with van der Waals surface area (Å²) in [5, 5.41) is 14.8. The van der Waals surface area contributed by atoms with E-state index in [1.54, 1.807) is 23.0 Å². The lowest BCUT2D eigenvalue weighted by molar-refractivity contribution is -0.333. The summed E-state index contributed by atoms with van der Waals surface area (Å²) in [6.45, 7) is 4.31. The van der Waals surface area contributed by atoms with Crippen molar-refractivity contribution in [2.24, 2.45) is 7.05 Å². The minimum Gasteiger partial charge on any atom is -0.780 e. The molecule has 1 N–H and O–H groups in total. The molecule has 3 aromatic carbocycles. The molecule has 6 rings (SSSR count). The van der Waals surface area contributed by atoms with Crippen molar-refractivity contribution in [3.8, 4) is 5.75 Å². The Morgan fingerprint density at radius 2 is 1.73 bits per heavy atom. The van der Waals surface area contributed by atoms with Crippen LogP contribution < -0.4 is 19.6 Å². The van der Waals surface area contributed by atoms with Crippen LogP contribution >= 0.6 is 7.82 Å². The molecule has 0 spiro atoms. The number of urea groups is 1. The van der Waals surface area contributed by atoms with Gasteiger partial charge in [0.15, 0.2) is 0 Å². The number of nitrogens with zero attached hydrogens (tertiary/aromatic N) is 7. The van der Waals surface area contributed by atoms with Gasteiger partial charge in [0.05, 0.1) is 13.1 Å². The van der Waals surface area contributed by atoms with E-state index in [0.29, 0.717) is 16.6 Å². The van der Waals surface area contributed by atoms with Gasteiger partial charge < -0.3 is 34.0 Å². The van der Waals surface area contributed by atoms with Gasteiger partial charge >= 0.3 is 6.03 Å². The van der Waals surface area contributed by atoms with E-state index >= 15 is 0 Å². The lowest BCUT2D eigenvalue weighted by Gasteiger charge is -2.55. The van der Waals surface area contributed by atoms with Gasteiger partial charge in [0.2, 0.25) is 11.8 Å². The van der Waals surface area contributed by atoms with Crippen LogP contribution in [0.25, 0.3) is 11.0 Å². The molecule has 0 saturated carbocycles. The fraction of sp³-hybridized carbons (Fsp3) is 0.281. The molecule has 16 heteroatoms. The number of phosphoric acid groups is 1. The maximum atomic E-state index is 14.3. The molecule has 15 nitrogen and oxygen atoms in total. The number of fused-ring (bicyclic) bond motifs is 2. The van der Waals surface area contributed by atoms with Crippen LogP contribution in [0.5, 0.6) is 5.75 Å². The summed E-state index contributed by atoms with van der Waals surface area (Å²) in [4.78, 5) is 68.7. The largest absolute Gasteiger partial charge is 0.780 e. The topological polar surface area (TPSA) is 179 Å². The number of amides is 4. The Bertz CT molecular complexity index is 1880. The number of carbonyl (C=O) groups excluding carboxylic acids is 3. The molecule has 0 aliphatic carbocycles. The number of aromatic nitrogens is 3. The molecule has 2 aliphatic rings. The first-order chi connectivity index (χ1) is 23.0. The average molecular weight is 673 g/mol. The van der Waals surface area contributed by atoms with Gasteiger partial charge in [-0.05, 0) is 41.0 Å². The highest BCUT2D eigenvalue weighted by Gasteiger charge is 2.51. The first-order valence-electron chi connectivity index (χ1n) is 15.2. The second kappa shape index (κ2) is 13.6. The molecule has 3 heterocycles. The minimum atomic E-state index is -5.26. The summed E-state index contributed by atoms with van der Waals surface area (Å²) in [6.07, 6.45) is 0.791. The Kier molecular flexibility index (Phi) is 9.29. The molecule has 2 fully saturated rings. The van der Waals surface area contributed by atoms with Crippen LogP contribution in [0, 0.1) is 0 Å². The van der Waals surface area contributed by atoms with Crippen LogP contribution in [0.2, 0.25) is 0 Å². The fourth-order valence-corrected chi connectivity index (χ4v) is 6.50. The molecular weight excluding hydrogens is 639 g/mol. The SMILES string of the molecule is C=CCN1CC(=O)N2C(Cc3ccc(OP(=O)([O-])[O-])cc3)C(=O)N(Cc3ccc4nn(C)nc4c3)CC2N1C(=O)NCc1ccccc1. The van der Waals surface area contributed by atoms with E-state index in [1.807, 2.05) is 48.5 Å². The summed E-state index contributed by atoms with van der Waals surface area (Å²) < 4.78 is 15.5. The van der Waals surface area contributed by atoms with Crippen LogP contribution in [0.4, 0.5) is 4.79 Å². The Labute approximate surface area is 276 Å². The summed E-state index contributed by atoms with van der Waals surface area (Å²) in [5.74, 6) is -0.840. The average Bonchev–Trinajstić information content (AvgIpc) is 3.42. The molecule has 2 unspecified atom stereocenters. The smallest absolute Gasteiger partial charge is 0.334 e. The van der Waals surface area contributed by atoms with Crippen molar-refractivity contribution in [3.63, 3.8) is 0 Å². The van der Waals surface area contributed by atoms with E-state index in [-0.39, 0.29) is 56.7 Å². The first-order valence-corrected chi connectivity index (χ1v) is 16.6. The zero-order valence-corrected chi connectivity index (χ0v) is 26.9. The fourth-order valence-electron chi connectivity index (χ4n) is 6.12. The van der Waals surface area contributed by atoms with Crippen LogP contribution in [-0.2, 0) is 40.7 Å². The molecule has 250 valence electrons. The summed E-state index contributed by atoms with van der Waals surface area (Å²) in [7, 11) is -3.54. The molecule has 2 atom stereocenters. The molecule has 4 amide bonds. The maximum absolute atomic E-state index is 14.3. The summed E-state index contributed by atoms with van der Waals surface area (Å²) in [6, 6.07) is 19.1. The number of hydrazine groups is 1. The number of piperazine rings is 1. The van der Waals surface area contributed by atoms with Crippen LogP contribution in [0.3, 0.4) is 0 Å². The first kappa shape index (κ1) is 32.8. The van der Waals surface area contributed by atoms with E-state index in [2.05, 4.69) is 26.6 Å². The Morgan fingerprint density at radius 1 is 1.02 bits per heavy atom. The quantitative estimate of drug-likeness (QED) is 0.188. The zero-order valence-electron chi connectivity index (χ0n) is 26.0. The van der Waals surface area contributed by atoms with Crippen molar-refractivity contribution >= 4 is 36.7 Å². The van der Waals surface area contributed by atoms with Gasteiger partial charge in [-0.3, -0.25) is 9.59 Å². The highest BCUT2D eigenvalue weighted by atomic mass is 31.2. The third-order valence-corrected chi connectivity index (χ3v) is 8.59. The van der Waals surface area contributed by atoms with Gasteiger partial charge in [0, 0.05) is 33.1 Å². The molecule has 0 radical (unpaired) electrons. The van der Waals surface area contributed by atoms with Crippen molar-refractivity contribution in [1.29, 1.82) is 0 Å². The number of hydrogen-bond donors (Lipinski definition) is 1. The van der Waals surface area contributed by atoms with Gasteiger partial charge in [-0.25, -0.2) is 14.8 Å². The van der Waals surface area contributed by atoms with E-state index in [9.17, 15) is 28.7 Å². The van der Waals surface area contributed by atoms with Crippen molar-refractivity contribution < 1.29 is 33.3 Å². The number of benzene rings is 3. The van der Waals surface area contributed by atoms with Crippen molar-refractivity contribution in [3.05, 3.63) is 102 Å². The van der Waals surface area contributed by atoms with Gasteiger partial charge in [-0.15, -0.1) is 6.58 Å². The lowest BCUT2D eigenvalue weighted by atomic mass is 9.98. The third kappa shape index (κ3) is 7.24. The second-order valence-electron chi connectivity index (χ2n) is 11.5. The number of hydrogen-bond acceptors (Lipinski definition) is 10. The number of phosphoric ester groups is 1. The number of aryl methyl sites for hydroxylation is 1. The highest BCUT2D eigenvalue weighted by molar-refractivity contribution is 7.43. The van der Waals surface area contributed by atoms with Gasteiger partial charge in [0.1, 0.15) is 36.8 Å². The summed E-state index contributed by atoms with van der Waals surface area (Å²) in [5.41, 5.74) is 3.62. The second-order valence-corrected chi connectivity index (χ2v) is 12.6. The zero-order chi connectivity index (χ0) is 34.0. The van der Waals surface area contributed by atoms with E-state index in [1.165, 1.54) is 39.0 Å². The predicted molar refractivity (Wildman–Crippen MR) is 169 cm³/mol. The third-order valence-electron chi connectivity index (χ3n) is 8.15. The normalized spacial score (nSPS) is 18.6. The predicted octanol–water partition coefficient (Wildman–Crippen LogP) is 0.912. The van der Waals surface area contributed by atoms with Crippen molar-refractivity contribution in [2.45, 2.75) is 31.7 Å².